The second-order valence-electron chi connectivity index (χ2n) is 7.35. The highest BCUT2D eigenvalue weighted by molar-refractivity contribution is 5.94. The minimum absolute atomic E-state index is 0.0217. The largest absolute Gasteiger partial charge is 0.378 e. The second kappa shape index (κ2) is 8.62. The zero-order chi connectivity index (χ0) is 21.1. The molecule has 0 saturated carbocycles. The third-order valence-corrected chi connectivity index (χ3v) is 5.34. The van der Waals surface area contributed by atoms with Gasteiger partial charge in [0.1, 0.15) is 5.82 Å². The quantitative estimate of drug-likeness (QED) is 0.549. The van der Waals surface area contributed by atoms with Crippen LogP contribution in [-0.2, 0) is 4.74 Å². The average Bonchev–Trinajstić information content (AvgIpc) is 2.79. The summed E-state index contributed by atoms with van der Waals surface area (Å²) in [6.07, 6.45) is 0. The van der Waals surface area contributed by atoms with Gasteiger partial charge in [-0.3, -0.25) is 14.9 Å². The van der Waals surface area contributed by atoms with Crippen molar-refractivity contribution in [3.8, 4) is 0 Å². The molecule has 0 bridgehead atoms. The summed E-state index contributed by atoms with van der Waals surface area (Å²) in [5, 5.41) is 10.8. The van der Waals surface area contributed by atoms with Crippen LogP contribution in [-0.4, -0.2) is 78.2 Å². The normalized spacial score (nSPS) is 17.2. The Balaban J connectivity index is 1.41. The van der Waals surface area contributed by atoms with Gasteiger partial charge in [0, 0.05) is 68.7 Å². The fourth-order valence-electron chi connectivity index (χ4n) is 3.65. The van der Waals surface area contributed by atoms with Crippen LogP contribution >= 0.6 is 0 Å². The molecule has 0 spiro atoms. The fourth-order valence-corrected chi connectivity index (χ4v) is 3.65. The van der Waals surface area contributed by atoms with Crippen molar-refractivity contribution in [1.82, 2.24) is 14.9 Å². The van der Waals surface area contributed by atoms with Gasteiger partial charge in [0.15, 0.2) is 0 Å². The van der Waals surface area contributed by atoms with E-state index < -0.39 is 4.92 Å². The van der Waals surface area contributed by atoms with Gasteiger partial charge in [-0.25, -0.2) is 4.98 Å². The van der Waals surface area contributed by atoms with E-state index >= 15 is 0 Å². The Morgan fingerprint density at radius 1 is 1.00 bits per heavy atom. The number of carbonyl (C=O) groups is 1. The molecule has 0 unspecified atom stereocenters. The van der Waals surface area contributed by atoms with E-state index in [4.69, 9.17) is 9.72 Å². The van der Waals surface area contributed by atoms with Gasteiger partial charge in [0.2, 0.25) is 5.95 Å². The molecule has 1 aromatic carbocycles. The molecule has 2 saturated heterocycles. The van der Waals surface area contributed by atoms with Crippen LogP contribution in [0.15, 0.2) is 30.3 Å². The van der Waals surface area contributed by atoms with E-state index in [9.17, 15) is 14.9 Å². The smallest absolute Gasteiger partial charge is 0.269 e. The number of rotatable bonds is 4. The van der Waals surface area contributed by atoms with Gasteiger partial charge in [-0.1, -0.05) is 0 Å². The van der Waals surface area contributed by atoms with Crippen LogP contribution in [0.1, 0.15) is 16.1 Å². The van der Waals surface area contributed by atoms with Crippen molar-refractivity contribution < 1.29 is 14.5 Å². The van der Waals surface area contributed by atoms with E-state index in [1.165, 1.54) is 24.3 Å². The third-order valence-electron chi connectivity index (χ3n) is 5.34. The van der Waals surface area contributed by atoms with Crippen molar-refractivity contribution in [2.45, 2.75) is 6.92 Å². The molecule has 10 nitrogen and oxygen atoms in total. The second-order valence-corrected chi connectivity index (χ2v) is 7.35. The van der Waals surface area contributed by atoms with Crippen LogP contribution in [0.5, 0.6) is 0 Å². The Bertz CT molecular complexity index is 921. The molecule has 10 heteroatoms. The Hall–Kier alpha value is -3.27. The van der Waals surface area contributed by atoms with Crippen LogP contribution in [0.4, 0.5) is 17.5 Å². The van der Waals surface area contributed by atoms with E-state index in [0.29, 0.717) is 45.0 Å². The first kappa shape index (κ1) is 20.0. The first-order valence-electron chi connectivity index (χ1n) is 9.98. The molecule has 0 aliphatic carbocycles. The molecule has 158 valence electrons. The monoisotopic (exact) mass is 412 g/mol. The topological polar surface area (TPSA) is 105 Å². The summed E-state index contributed by atoms with van der Waals surface area (Å²) >= 11 is 0. The number of nitro groups is 1. The fraction of sp³-hybridized carbons (Fsp3) is 0.450. The first-order chi connectivity index (χ1) is 14.5. The summed E-state index contributed by atoms with van der Waals surface area (Å²) in [7, 11) is 0. The molecule has 30 heavy (non-hydrogen) atoms. The van der Waals surface area contributed by atoms with E-state index in [2.05, 4.69) is 14.8 Å². The number of carbonyl (C=O) groups excluding carboxylic acids is 1. The predicted octanol–water partition coefficient (Wildman–Crippen LogP) is 1.49. The summed E-state index contributed by atoms with van der Waals surface area (Å²) in [5.41, 5.74) is 1.35. The Kier molecular flexibility index (Phi) is 5.75. The zero-order valence-electron chi connectivity index (χ0n) is 16.9. The maximum atomic E-state index is 12.7. The number of non-ortho nitro benzene ring substituents is 1. The molecular weight excluding hydrogens is 388 g/mol. The maximum absolute atomic E-state index is 12.7. The molecule has 0 atom stereocenters. The number of aryl methyl sites for hydroxylation is 1. The number of aromatic nitrogens is 2. The Morgan fingerprint density at radius 3 is 2.30 bits per heavy atom. The molecule has 2 aromatic rings. The minimum Gasteiger partial charge on any atom is -0.378 e. The summed E-state index contributed by atoms with van der Waals surface area (Å²) < 4.78 is 5.41. The number of amides is 1. The summed E-state index contributed by atoms with van der Waals surface area (Å²) in [5.74, 6) is 1.47. The van der Waals surface area contributed by atoms with Crippen molar-refractivity contribution in [2.24, 2.45) is 0 Å². The molecule has 0 N–H and O–H groups in total. The van der Waals surface area contributed by atoms with Crippen molar-refractivity contribution in [1.29, 1.82) is 0 Å². The molecule has 2 aliphatic heterocycles. The van der Waals surface area contributed by atoms with Crippen LogP contribution in [0.2, 0.25) is 0 Å². The Labute approximate surface area is 174 Å². The lowest BCUT2D eigenvalue weighted by molar-refractivity contribution is -0.384. The molecule has 1 amide bonds. The maximum Gasteiger partial charge on any atom is 0.269 e. The number of nitrogens with zero attached hydrogens (tertiary/aromatic N) is 6. The number of hydrogen-bond acceptors (Lipinski definition) is 8. The van der Waals surface area contributed by atoms with Gasteiger partial charge in [0.25, 0.3) is 11.6 Å². The minimum atomic E-state index is -0.470. The first-order valence-corrected chi connectivity index (χ1v) is 9.98. The average molecular weight is 412 g/mol. The van der Waals surface area contributed by atoms with Crippen LogP contribution < -0.4 is 9.80 Å². The zero-order valence-corrected chi connectivity index (χ0v) is 16.9. The van der Waals surface area contributed by atoms with E-state index in [1.807, 2.05) is 13.0 Å². The highest BCUT2D eigenvalue weighted by Gasteiger charge is 2.24. The summed E-state index contributed by atoms with van der Waals surface area (Å²) in [4.78, 5) is 38.4. The number of piperazine rings is 1. The van der Waals surface area contributed by atoms with E-state index in [1.54, 1.807) is 4.90 Å². The van der Waals surface area contributed by atoms with Gasteiger partial charge in [-0.2, -0.15) is 4.98 Å². The molecule has 3 heterocycles. The van der Waals surface area contributed by atoms with Gasteiger partial charge < -0.3 is 19.4 Å². The number of hydrogen-bond donors (Lipinski definition) is 0. The third kappa shape index (κ3) is 4.33. The molecule has 2 aliphatic rings. The van der Waals surface area contributed by atoms with Crippen LogP contribution in [0.3, 0.4) is 0 Å². The van der Waals surface area contributed by atoms with Gasteiger partial charge >= 0.3 is 0 Å². The van der Waals surface area contributed by atoms with E-state index in [-0.39, 0.29) is 11.6 Å². The van der Waals surface area contributed by atoms with Crippen molar-refractivity contribution in [3.05, 3.63) is 51.7 Å². The summed E-state index contributed by atoms with van der Waals surface area (Å²) in [6.45, 7) is 7.32. The lowest BCUT2D eigenvalue weighted by atomic mass is 10.1. The number of benzene rings is 1. The molecular formula is C20H24N6O4. The Morgan fingerprint density at radius 2 is 1.67 bits per heavy atom. The van der Waals surface area contributed by atoms with Gasteiger partial charge in [0.05, 0.1) is 18.1 Å². The van der Waals surface area contributed by atoms with Crippen LogP contribution in [0, 0.1) is 17.0 Å². The number of ether oxygens (including phenoxy) is 1. The molecule has 4 rings (SSSR count). The highest BCUT2D eigenvalue weighted by Crippen LogP contribution is 2.21. The predicted molar refractivity (Wildman–Crippen MR) is 111 cm³/mol. The number of morpholine rings is 1. The van der Waals surface area contributed by atoms with Gasteiger partial charge in [-0.05, 0) is 19.1 Å². The van der Waals surface area contributed by atoms with E-state index in [0.717, 1.165) is 30.5 Å². The standard InChI is InChI=1S/C20H24N6O4/c1-15-14-18(22-20(21-15)25-10-12-30-13-11-25)23-6-8-24(9-7-23)19(27)16-2-4-17(5-3-16)26(28)29/h2-5,14H,6-13H2,1H3. The number of anilines is 2. The van der Waals surface area contributed by atoms with Crippen molar-refractivity contribution >= 4 is 23.4 Å². The summed E-state index contributed by atoms with van der Waals surface area (Å²) in [6, 6.07) is 7.71. The molecule has 2 fully saturated rings. The van der Waals surface area contributed by atoms with Crippen molar-refractivity contribution in [2.75, 3.05) is 62.3 Å². The molecule has 1 aromatic heterocycles. The van der Waals surface area contributed by atoms with Crippen LogP contribution in [0.25, 0.3) is 0 Å². The number of nitro benzene ring substituents is 1. The lowest BCUT2D eigenvalue weighted by Gasteiger charge is -2.36. The van der Waals surface area contributed by atoms with Gasteiger partial charge in [-0.15, -0.1) is 0 Å². The lowest BCUT2D eigenvalue weighted by Crippen LogP contribution is -2.49. The highest BCUT2D eigenvalue weighted by atomic mass is 16.6. The van der Waals surface area contributed by atoms with Crippen molar-refractivity contribution in [3.63, 3.8) is 0 Å². The molecule has 0 radical (unpaired) electrons. The SMILES string of the molecule is Cc1cc(N2CCN(C(=O)c3ccc([N+](=O)[O-])cc3)CC2)nc(N2CCOCC2)n1.